The molecule has 1 heterocycles. The Labute approximate surface area is 121 Å². The largest absolute Gasteiger partial charge is 0.399 e. The Morgan fingerprint density at radius 3 is 2.29 bits per heavy atom. The van der Waals surface area contributed by atoms with Crippen LogP contribution in [0.15, 0.2) is 60.9 Å². The first-order chi connectivity index (χ1) is 10.1. The van der Waals surface area contributed by atoms with Gasteiger partial charge >= 0.3 is 0 Å². The Bertz CT molecular complexity index is 773. The summed E-state index contributed by atoms with van der Waals surface area (Å²) in [5.74, 6) is 0.368. The number of nitrogens with two attached hydrogens (primary N) is 2. The second-order valence-electron chi connectivity index (χ2n) is 4.65. The molecule has 0 saturated heterocycles. The van der Waals surface area contributed by atoms with Crippen molar-refractivity contribution in [3.8, 4) is 17.1 Å². The minimum absolute atomic E-state index is 0.439. The number of benzene rings is 2. The van der Waals surface area contributed by atoms with Crippen LogP contribution in [0.25, 0.3) is 17.1 Å². The SMILES string of the molecule is NC(=O)c1ccc(-n2ccnc2-c2ccc(N)cc2)cc1. The summed E-state index contributed by atoms with van der Waals surface area (Å²) < 4.78 is 1.94. The Morgan fingerprint density at radius 1 is 1.00 bits per heavy atom. The number of primary amides is 1. The fourth-order valence-electron chi connectivity index (χ4n) is 2.14. The maximum atomic E-state index is 11.1. The lowest BCUT2D eigenvalue weighted by Gasteiger charge is -2.08. The van der Waals surface area contributed by atoms with Gasteiger partial charge in [-0.3, -0.25) is 9.36 Å². The number of nitrogen functional groups attached to an aromatic ring is 1. The van der Waals surface area contributed by atoms with Crippen LogP contribution in [0.3, 0.4) is 0 Å². The molecule has 0 fully saturated rings. The van der Waals surface area contributed by atoms with Gasteiger partial charge in [-0.2, -0.15) is 0 Å². The number of hydrogen-bond acceptors (Lipinski definition) is 3. The third-order valence-corrected chi connectivity index (χ3v) is 3.24. The van der Waals surface area contributed by atoms with E-state index in [1.165, 1.54) is 0 Å². The lowest BCUT2D eigenvalue weighted by Crippen LogP contribution is -2.10. The average molecular weight is 278 g/mol. The number of imidazole rings is 1. The first-order valence-electron chi connectivity index (χ1n) is 6.44. The fraction of sp³-hybridized carbons (Fsp3) is 0. The molecule has 0 atom stereocenters. The van der Waals surface area contributed by atoms with Crippen molar-refractivity contribution in [1.82, 2.24) is 9.55 Å². The number of rotatable bonds is 3. The molecule has 104 valence electrons. The van der Waals surface area contributed by atoms with Gasteiger partial charge in [0.15, 0.2) is 0 Å². The summed E-state index contributed by atoms with van der Waals surface area (Å²) in [7, 11) is 0. The number of aromatic nitrogens is 2. The van der Waals surface area contributed by atoms with E-state index in [9.17, 15) is 4.79 Å². The molecule has 1 aromatic heterocycles. The molecule has 4 N–H and O–H groups in total. The van der Waals surface area contributed by atoms with Crippen molar-refractivity contribution in [2.24, 2.45) is 5.73 Å². The van der Waals surface area contributed by atoms with Gasteiger partial charge in [-0.05, 0) is 48.5 Å². The van der Waals surface area contributed by atoms with E-state index >= 15 is 0 Å². The average Bonchev–Trinajstić information content (AvgIpc) is 2.97. The molecule has 5 heteroatoms. The zero-order valence-electron chi connectivity index (χ0n) is 11.2. The van der Waals surface area contributed by atoms with Crippen molar-refractivity contribution in [2.45, 2.75) is 0 Å². The molecule has 1 amide bonds. The lowest BCUT2D eigenvalue weighted by atomic mass is 10.1. The van der Waals surface area contributed by atoms with E-state index < -0.39 is 5.91 Å². The van der Waals surface area contributed by atoms with Crippen molar-refractivity contribution in [3.05, 3.63) is 66.5 Å². The first-order valence-corrected chi connectivity index (χ1v) is 6.44. The summed E-state index contributed by atoms with van der Waals surface area (Å²) in [6.07, 6.45) is 3.60. The quantitative estimate of drug-likeness (QED) is 0.720. The number of carbonyl (C=O) groups is 1. The second-order valence-corrected chi connectivity index (χ2v) is 4.65. The van der Waals surface area contributed by atoms with E-state index in [4.69, 9.17) is 11.5 Å². The van der Waals surface area contributed by atoms with Crippen molar-refractivity contribution in [1.29, 1.82) is 0 Å². The van der Waals surface area contributed by atoms with Crippen LogP contribution in [0.4, 0.5) is 5.69 Å². The smallest absolute Gasteiger partial charge is 0.248 e. The summed E-state index contributed by atoms with van der Waals surface area (Å²) in [4.78, 5) is 15.5. The van der Waals surface area contributed by atoms with Crippen molar-refractivity contribution >= 4 is 11.6 Å². The molecule has 2 aromatic carbocycles. The molecule has 0 bridgehead atoms. The molecule has 0 spiro atoms. The Morgan fingerprint density at radius 2 is 1.67 bits per heavy atom. The second kappa shape index (κ2) is 5.13. The van der Waals surface area contributed by atoms with E-state index in [0.717, 1.165) is 17.1 Å². The van der Waals surface area contributed by atoms with Crippen molar-refractivity contribution < 1.29 is 4.79 Å². The zero-order valence-corrected chi connectivity index (χ0v) is 11.2. The van der Waals surface area contributed by atoms with Gasteiger partial charge in [0.2, 0.25) is 5.91 Å². The van der Waals surface area contributed by atoms with Crippen LogP contribution in [0.2, 0.25) is 0 Å². The van der Waals surface area contributed by atoms with Gasteiger partial charge in [0.05, 0.1) is 0 Å². The van der Waals surface area contributed by atoms with Gasteiger partial charge in [-0.15, -0.1) is 0 Å². The van der Waals surface area contributed by atoms with Crippen LogP contribution in [-0.4, -0.2) is 15.5 Å². The van der Waals surface area contributed by atoms with E-state index in [0.29, 0.717) is 11.3 Å². The molecular formula is C16H14N4O. The Kier molecular flexibility index (Phi) is 3.16. The third-order valence-electron chi connectivity index (χ3n) is 3.24. The van der Waals surface area contributed by atoms with Crippen LogP contribution < -0.4 is 11.5 Å². The Balaban J connectivity index is 2.02. The van der Waals surface area contributed by atoms with Crippen LogP contribution in [0.5, 0.6) is 0 Å². The van der Waals surface area contributed by atoms with Crippen LogP contribution in [0, 0.1) is 0 Å². The number of anilines is 1. The van der Waals surface area contributed by atoms with Crippen LogP contribution >= 0.6 is 0 Å². The minimum Gasteiger partial charge on any atom is -0.399 e. The molecular weight excluding hydrogens is 264 g/mol. The minimum atomic E-state index is -0.439. The molecule has 0 saturated carbocycles. The molecule has 3 rings (SSSR count). The van der Waals surface area contributed by atoms with Gasteiger partial charge in [0, 0.05) is 34.9 Å². The topological polar surface area (TPSA) is 86.9 Å². The predicted molar refractivity (Wildman–Crippen MR) is 81.9 cm³/mol. The molecule has 0 aliphatic heterocycles. The number of amides is 1. The summed E-state index contributed by atoms with van der Waals surface area (Å²) in [5, 5.41) is 0. The molecule has 0 radical (unpaired) electrons. The Hall–Kier alpha value is -3.08. The maximum absolute atomic E-state index is 11.1. The highest BCUT2D eigenvalue weighted by Gasteiger charge is 2.08. The molecule has 5 nitrogen and oxygen atoms in total. The van der Waals surface area contributed by atoms with Crippen molar-refractivity contribution in [3.63, 3.8) is 0 Å². The van der Waals surface area contributed by atoms with Gasteiger partial charge in [0.25, 0.3) is 0 Å². The molecule has 0 aliphatic rings. The van der Waals surface area contributed by atoms with Crippen molar-refractivity contribution in [2.75, 3.05) is 5.73 Å². The van der Waals surface area contributed by atoms with Gasteiger partial charge in [0.1, 0.15) is 5.82 Å². The molecule has 0 unspecified atom stereocenters. The standard InChI is InChI=1S/C16H14N4O/c17-13-5-1-12(2-6-13)16-19-9-10-20(16)14-7-3-11(4-8-14)15(18)21/h1-10H,17H2,(H2,18,21). The van der Waals surface area contributed by atoms with Gasteiger partial charge < -0.3 is 11.5 Å². The van der Waals surface area contributed by atoms with Gasteiger partial charge in [-0.25, -0.2) is 4.98 Å². The summed E-state index contributed by atoms with van der Waals surface area (Å²) >= 11 is 0. The first kappa shape index (κ1) is 12.9. The van der Waals surface area contributed by atoms with E-state index in [1.54, 1.807) is 18.3 Å². The highest BCUT2D eigenvalue weighted by Crippen LogP contribution is 2.22. The van der Waals surface area contributed by atoms with Crippen LogP contribution in [0.1, 0.15) is 10.4 Å². The van der Waals surface area contributed by atoms with E-state index in [1.807, 2.05) is 47.2 Å². The molecule has 3 aromatic rings. The lowest BCUT2D eigenvalue weighted by molar-refractivity contribution is 0.100. The number of hydrogen-bond donors (Lipinski definition) is 2. The maximum Gasteiger partial charge on any atom is 0.248 e. The van der Waals surface area contributed by atoms with Gasteiger partial charge in [-0.1, -0.05) is 0 Å². The summed E-state index contributed by atoms with van der Waals surface area (Å²) in [5.41, 5.74) is 14.0. The highest BCUT2D eigenvalue weighted by atomic mass is 16.1. The predicted octanol–water partition coefficient (Wildman–Crippen LogP) is 2.22. The fourth-order valence-corrected chi connectivity index (χ4v) is 2.14. The van der Waals surface area contributed by atoms with E-state index in [2.05, 4.69) is 4.98 Å². The molecule has 21 heavy (non-hydrogen) atoms. The zero-order chi connectivity index (χ0) is 14.8. The highest BCUT2D eigenvalue weighted by molar-refractivity contribution is 5.92. The van der Waals surface area contributed by atoms with Crippen LogP contribution in [-0.2, 0) is 0 Å². The molecule has 0 aliphatic carbocycles. The third kappa shape index (κ3) is 2.49. The normalized spacial score (nSPS) is 10.5. The summed E-state index contributed by atoms with van der Waals surface area (Å²) in [6, 6.07) is 14.6. The number of nitrogens with zero attached hydrogens (tertiary/aromatic N) is 2. The summed E-state index contributed by atoms with van der Waals surface area (Å²) in [6.45, 7) is 0. The number of carbonyl (C=O) groups excluding carboxylic acids is 1. The monoisotopic (exact) mass is 278 g/mol. The van der Waals surface area contributed by atoms with E-state index in [-0.39, 0.29) is 0 Å².